The Morgan fingerprint density at radius 3 is 2.26 bits per heavy atom. The summed E-state index contributed by atoms with van der Waals surface area (Å²) in [5.74, 6) is -2.31. The van der Waals surface area contributed by atoms with E-state index in [1.54, 1.807) is 6.07 Å². The second-order valence-corrected chi connectivity index (χ2v) is 6.95. The van der Waals surface area contributed by atoms with E-state index in [1.807, 2.05) is 0 Å². The van der Waals surface area contributed by atoms with Crippen LogP contribution in [-0.4, -0.2) is 13.0 Å². The van der Waals surface area contributed by atoms with Crippen molar-refractivity contribution in [3.63, 3.8) is 0 Å². The fourth-order valence-corrected chi connectivity index (χ4v) is 3.79. The minimum absolute atomic E-state index is 0.0426. The lowest BCUT2D eigenvalue weighted by Gasteiger charge is -2.10. The fourth-order valence-electron chi connectivity index (χ4n) is 2.36. The van der Waals surface area contributed by atoms with Crippen LogP contribution >= 0.6 is 0 Å². The lowest BCUT2D eigenvalue weighted by molar-refractivity contribution is 0.510. The Labute approximate surface area is 130 Å². The van der Waals surface area contributed by atoms with Gasteiger partial charge in [0.15, 0.2) is 11.6 Å². The van der Waals surface area contributed by atoms with E-state index < -0.39 is 31.8 Å². The van der Waals surface area contributed by atoms with E-state index in [4.69, 9.17) is 0 Å². The first-order valence-electron chi connectivity index (χ1n) is 6.61. The second-order valence-electron chi connectivity index (χ2n) is 5.03. The molecule has 118 valence electrons. The van der Waals surface area contributed by atoms with Gasteiger partial charge in [-0.2, -0.15) is 0 Å². The summed E-state index contributed by atoms with van der Waals surface area (Å²) >= 11 is 0. The van der Waals surface area contributed by atoms with Gasteiger partial charge in [0.2, 0.25) is 15.3 Å². The topological polar surface area (TPSA) is 56.1 Å². The maximum Gasteiger partial charge on any atom is 0.211 e. The smallest absolute Gasteiger partial charge is 0.211 e. The normalized spacial score (nSPS) is 11.8. The highest BCUT2D eigenvalue weighted by Crippen LogP contribution is 2.21. The van der Waals surface area contributed by atoms with E-state index in [-0.39, 0.29) is 15.8 Å². The molecule has 0 unspecified atom stereocenters. The summed E-state index contributed by atoms with van der Waals surface area (Å²) < 4.78 is 53.3. The molecule has 4 nitrogen and oxygen atoms in total. The summed E-state index contributed by atoms with van der Waals surface area (Å²) in [6, 6.07) is 9.03. The van der Waals surface area contributed by atoms with Crippen LogP contribution in [-0.2, 0) is 16.9 Å². The number of sulfone groups is 1. The zero-order valence-corrected chi connectivity index (χ0v) is 12.8. The number of benzene rings is 2. The number of hydrogen-bond donors (Lipinski definition) is 0. The van der Waals surface area contributed by atoms with Crippen LogP contribution in [0.2, 0.25) is 0 Å². The molecular formula is C16H11F2NO3S. The Hall–Kier alpha value is -2.54. The highest BCUT2D eigenvalue weighted by Gasteiger charge is 2.23. The SMILES string of the molecule is Cn1cc(S(=O)(=O)c2ccccc2)c(=O)c2cc(F)c(F)cc21. The first-order valence-corrected chi connectivity index (χ1v) is 8.09. The number of pyridine rings is 1. The molecule has 0 atom stereocenters. The highest BCUT2D eigenvalue weighted by atomic mass is 32.2. The van der Waals surface area contributed by atoms with Gasteiger partial charge < -0.3 is 4.57 Å². The molecule has 0 saturated carbocycles. The molecule has 3 rings (SSSR count). The van der Waals surface area contributed by atoms with Gasteiger partial charge in [0, 0.05) is 19.3 Å². The van der Waals surface area contributed by atoms with E-state index >= 15 is 0 Å². The van der Waals surface area contributed by atoms with Crippen LogP contribution in [0.5, 0.6) is 0 Å². The largest absolute Gasteiger partial charge is 0.349 e. The predicted octanol–water partition coefficient (Wildman–Crippen LogP) is 2.65. The van der Waals surface area contributed by atoms with Crippen molar-refractivity contribution in [2.75, 3.05) is 0 Å². The fraction of sp³-hybridized carbons (Fsp3) is 0.0625. The first-order chi connectivity index (χ1) is 10.8. The molecule has 0 fully saturated rings. The summed E-state index contributed by atoms with van der Waals surface area (Å²) in [5, 5.41) is -0.191. The number of halogens is 2. The quantitative estimate of drug-likeness (QED) is 0.723. The minimum atomic E-state index is -4.06. The van der Waals surface area contributed by atoms with Crippen molar-refractivity contribution in [3.8, 4) is 0 Å². The Balaban J connectivity index is 2.39. The van der Waals surface area contributed by atoms with Crippen LogP contribution in [0.25, 0.3) is 10.9 Å². The van der Waals surface area contributed by atoms with Crippen molar-refractivity contribution in [1.82, 2.24) is 4.57 Å². The molecule has 0 saturated heterocycles. The minimum Gasteiger partial charge on any atom is -0.349 e. The molecule has 0 aliphatic heterocycles. The monoisotopic (exact) mass is 335 g/mol. The molecule has 2 aromatic carbocycles. The van der Waals surface area contributed by atoms with Crippen molar-refractivity contribution < 1.29 is 17.2 Å². The zero-order chi connectivity index (χ0) is 16.8. The molecule has 7 heteroatoms. The van der Waals surface area contributed by atoms with Crippen LogP contribution in [0, 0.1) is 11.6 Å². The maximum absolute atomic E-state index is 13.4. The van der Waals surface area contributed by atoms with Gasteiger partial charge in [-0.05, 0) is 18.2 Å². The molecule has 0 radical (unpaired) electrons. The van der Waals surface area contributed by atoms with E-state index in [1.165, 1.54) is 35.9 Å². The highest BCUT2D eigenvalue weighted by molar-refractivity contribution is 7.91. The molecule has 23 heavy (non-hydrogen) atoms. The predicted molar refractivity (Wildman–Crippen MR) is 81.0 cm³/mol. The molecule has 0 aliphatic carbocycles. The molecule has 0 spiro atoms. The third-order valence-corrected chi connectivity index (χ3v) is 5.30. The molecular weight excluding hydrogens is 324 g/mol. The van der Waals surface area contributed by atoms with Gasteiger partial charge in [-0.3, -0.25) is 4.79 Å². The van der Waals surface area contributed by atoms with E-state index in [0.717, 1.165) is 18.3 Å². The number of rotatable bonds is 2. The average Bonchev–Trinajstić information content (AvgIpc) is 2.53. The second kappa shape index (κ2) is 5.27. The Morgan fingerprint density at radius 2 is 1.61 bits per heavy atom. The summed E-state index contributed by atoms with van der Waals surface area (Å²) in [4.78, 5) is 12.0. The lowest BCUT2D eigenvalue weighted by atomic mass is 10.2. The molecule has 1 heterocycles. The van der Waals surface area contributed by atoms with Crippen molar-refractivity contribution in [2.24, 2.45) is 7.05 Å². The first kappa shape index (κ1) is 15.4. The van der Waals surface area contributed by atoms with E-state index in [2.05, 4.69) is 0 Å². The average molecular weight is 335 g/mol. The van der Waals surface area contributed by atoms with Crippen molar-refractivity contribution in [3.05, 3.63) is 70.5 Å². The molecule has 1 aromatic heterocycles. The number of hydrogen-bond acceptors (Lipinski definition) is 3. The van der Waals surface area contributed by atoms with Gasteiger partial charge in [0.1, 0.15) is 4.90 Å². The van der Waals surface area contributed by atoms with E-state index in [9.17, 15) is 22.0 Å². The Morgan fingerprint density at radius 1 is 1.00 bits per heavy atom. The van der Waals surface area contributed by atoms with Crippen molar-refractivity contribution in [1.29, 1.82) is 0 Å². The van der Waals surface area contributed by atoms with Gasteiger partial charge >= 0.3 is 0 Å². The maximum atomic E-state index is 13.4. The van der Waals surface area contributed by atoms with Gasteiger partial charge in [-0.1, -0.05) is 18.2 Å². The van der Waals surface area contributed by atoms with Crippen LogP contribution in [0.15, 0.2) is 63.2 Å². The van der Waals surface area contributed by atoms with Crippen LogP contribution in [0.1, 0.15) is 0 Å². The lowest BCUT2D eigenvalue weighted by Crippen LogP contribution is -2.18. The van der Waals surface area contributed by atoms with Gasteiger partial charge in [-0.15, -0.1) is 0 Å². The standard InChI is InChI=1S/C16H11F2NO3S/c1-19-9-15(23(21,22)10-5-3-2-4-6-10)16(20)11-7-12(17)13(18)8-14(11)19/h2-9H,1H3. The summed E-state index contributed by atoms with van der Waals surface area (Å²) in [5.41, 5.74) is -0.748. The Bertz CT molecular complexity index is 1070. The van der Waals surface area contributed by atoms with E-state index in [0.29, 0.717) is 0 Å². The third-order valence-electron chi connectivity index (χ3n) is 3.54. The molecule has 0 N–H and O–H groups in total. The number of fused-ring (bicyclic) bond motifs is 1. The van der Waals surface area contributed by atoms with Gasteiger partial charge in [0.25, 0.3) is 0 Å². The molecule has 3 aromatic rings. The number of aromatic nitrogens is 1. The van der Waals surface area contributed by atoms with Crippen LogP contribution < -0.4 is 5.43 Å². The number of nitrogens with zero attached hydrogens (tertiary/aromatic N) is 1. The third kappa shape index (κ3) is 2.43. The summed E-state index contributed by atoms with van der Waals surface area (Å²) in [6.45, 7) is 0. The summed E-state index contributed by atoms with van der Waals surface area (Å²) in [6.07, 6.45) is 1.12. The molecule has 0 amide bonds. The zero-order valence-electron chi connectivity index (χ0n) is 12.0. The number of aryl methyl sites for hydroxylation is 1. The Kier molecular flexibility index (Phi) is 3.52. The summed E-state index contributed by atoms with van der Waals surface area (Å²) in [7, 11) is -2.59. The van der Waals surface area contributed by atoms with Crippen molar-refractivity contribution in [2.45, 2.75) is 9.79 Å². The molecule has 0 aliphatic rings. The van der Waals surface area contributed by atoms with Crippen LogP contribution in [0.3, 0.4) is 0 Å². The molecule has 0 bridgehead atoms. The van der Waals surface area contributed by atoms with Crippen LogP contribution in [0.4, 0.5) is 8.78 Å². The van der Waals surface area contributed by atoms with Gasteiger partial charge in [-0.25, -0.2) is 17.2 Å². The van der Waals surface area contributed by atoms with Crippen molar-refractivity contribution >= 4 is 20.7 Å². The van der Waals surface area contributed by atoms with Gasteiger partial charge in [0.05, 0.1) is 15.8 Å².